The van der Waals surface area contributed by atoms with Gasteiger partial charge in [0.15, 0.2) is 5.90 Å². The summed E-state index contributed by atoms with van der Waals surface area (Å²) >= 11 is 0. The maximum atomic E-state index is 5.59. The second kappa shape index (κ2) is 7.28. The molecule has 1 unspecified atom stereocenters. The van der Waals surface area contributed by atoms with E-state index in [1.807, 2.05) is 42.6 Å². The molecule has 1 atom stereocenters. The van der Waals surface area contributed by atoms with Crippen LogP contribution in [0.5, 0.6) is 0 Å². The Morgan fingerprint density at radius 3 is 2.19 bits per heavy atom. The molecule has 0 saturated carbocycles. The summed E-state index contributed by atoms with van der Waals surface area (Å²) < 4.78 is 5.59. The first-order valence-electron chi connectivity index (χ1n) is 8.94. The Hall–Kier alpha value is -2.68. The standard InChI is InChI=1S/C23H26N2O/c1-22(2,3)20-15-23(16-21(25-20)26-4,18-11-7-5-8-12-18)17-24-19-13-9-6-10-14-19/h5-15,17H,16H2,1-4H3. The van der Waals surface area contributed by atoms with Gasteiger partial charge in [0.1, 0.15) is 0 Å². The molecule has 3 nitrogen and oxygen atoms in total. The molecule has 3 heteroatoms. The Labute approximate surface area is 156 Å². The summed E-state index contributed by atoms with van der Waals surface area (Å²) in [6.45, 7) is 6.51. The van der Waals surface area contributed by atoms with E-state index in [-0.39, 0.29) is 10.8 Å². The van der Waals surface area contributed by atoms with Gasteiger partial charge in [-0.15, -0.1) is 0 Å². The van der Waals surface area contributed by atoms with Crippen LogP contribution in [-0.2, 0) is 10.2 Å². The molecule has 134 valence electrons. The molecule has 0 radical (unpaired) electrons. The van der Waals surface area contributed by atoms with Gasteiger partial charge in [0, 0.05) is 23.7 Å². The smallest absolute Gasteiger partial charge is 0.189 e. The molecule has 0 N–H and O–H groups in total. The van der Waals surface area contributed by atoms with Crippen molar-refractivity contribution in [3.63, 3.8) is 0 Å². The number of ether oxygens (including phenoxy) is 1. The summed E-state index contributed by atoms with van der Waals surface area (Å²) in [4.78, 5) is 9.52. The zero-order valence-electron chi connectivity index (χ0n) is 15.9. The van der Waals surface area contributed by atoms with E-state index in [1.54, 1.807) is 7.11 Å². The minimum atomic E-state index is -0.382. The van der Waals surface area contributed by atoms with Crippen molar-refractivity contribution in [2.45, 2.75) is 32.6 Å². The average Bonchev–Trinajstić information content (AvgIpc) is 2.67. The summed E-state index contributed by atoms with van der Waals surface area (Å²) in [6, 6.07) is 20.5. The van der Waals surface area contributed by atoms with Crippen LogP contribution in [0.25, 0.3) is 0 Å². The van der Waals surface area contributed by atoms with Crippen molar-refractivity contribution in [1.82, 2.24) is 0 Å². The highest BCUT2D eigenvalue weighted by atomic mass is 16.5. The first-order valence-corrected chi connectivity index (χ1v) is 8.94. The summed E-state index contributed by atoms with van der Waals surface area (Å²) in [5.41, 5.74) is 2.68. The van der Waals surface area contributed by atoms with Crippen molar-refractivity contribution >= 4 is 17.8 Å². The van der Waals surface area contributed by atoms with Crippen LogP contribution in [0, 0.1) is 5.41 Å². The summed E-state index contributed by atoms with van der Waals surface area (Å²) in [7, 11) is 1.69. The molecule has 3 rings (SSSR count). The molecular formula is C23H26N2O. The molecule has 26 heavy (non-hydrogen) atoms. The summed E-state index contributed by atoms with van der Waals surface area (Å²) in [5.74, 6) is 0.737. The molecule has 0 fully saturated rings. The highest BCUT2D eigenvalue weighted by Gasteiger charge is 2.36. The molecule has 2 aromatic carbocycles. The minimum Gasteiger partial charge on any atom is -0.484 e. The topological polar surface area (TPSA) is 34.0 Å². The Morgan fingerprint density at radius 1 is 1.00 bits per heavy atom. The van der Waals surface area contributed by atoms with E-state index in [1.165, 1.54) is 5.56 Å². The first-order chi connectivity index (χ1) is 12.4. The van der Waals surface area contributed by atoms with Crippen LogP contribution in [0.1, 0.15) is 32.8 Å². The normalized spacial score (nSPS) is 20.6. The minimum absolute atomic E-state index is 0.0786. The van der Waals surface area contributed by atoms with Crippen LogP contribution in [0.3, 0.4) is 0 Å². The zero-order valence-corrected chi connectivity index (χ0v) is 15.9. The van der Waals surface area contributed by atoms with Gasteiger partial charge in [0.25, 0.3) is 0 Å². The fraction of sp³-hybridized carbons (Fsp3) is 0.304. The van der Waals surface area contributed by atoms with E-state index in [2.05, 4.69) is 51.1 Å². The molecule has 0 saturated heterocycles. The van der Waals surface area contributed by atoms with E-state index >= 15 is 0 Å². The van der Waals surface area contributed by atoms with Crippen molar-refractivity contribution in [3.05, 3.63) is 78.0 Å². The van der Waals surface area contributed by atoms with Crippen molar-refractivity contribution in [3.8, 4) is 0 Å². The van der Waals surface area contributed by atoms with Crippen molar-refractivity contribution in [2.75, 3.05) is 7.11 Å². The second-order valence-corrected chi connectivity index (χ2v) is 7.67. The fourth-order valence-electron chi connectivity index (χ4n) is 3.05. The maximum absolute atomic E-state index is 5.59. The lowest BCUT2D eigenvalue weighted by Crippen LogP contribution is -2.34. The van der Waals surface area contributed by atoms with E-state index in [4.69, 9.17) is 14.7 Å². The van der Waals surface area contributed by atoms with E-state index < -0.39 is 0 Å². The number of allylic oxidation sites excluding steroid dienone is 2. The van der Waals surface area contributed by atoms with Crippen molar-refractivity contribution in [1.29, 1.82) is 0 Å². The van der Waals surface area contributed by atoms with Crippen LogP contribution in [-0.4, -0.2) is 19.2 Å². The number of aliphatic imine (C=N–C) groups is 2. The number of rotatable bonds is 3. The third-order valence-electron chi connectivity index (χ3n) is 4.60. The second-order valence-electron chi connectivity index (χ2n) is 7.67. The Bertz CT molecular complexity index is 830. The van der Waals surface area contributed by atoms with E-state index in [9.17, 15) is 0 Å². The SMILES string of the molecule is COC1=NC(C(C)(C)C)=CC(C=Nc2ccccc2)(c2ccccc2)C1. The quantitative estimate of drug-likeness (QED) is 0.656. The number of benzene rings is 2. The van der Waals surface area contributed by atoms with Gasteiger partial charge >= 0.3 is 0 Å². The predicted octanol–water partition coefficient (Wildman–Crippen LogP) is 5.71. The van der Waals surface area contributed by atoms with E-state index in [0.29, 0.717) is 6.42 Å². The number of para-hydroxylation sites is 1. The highest BCUT2D eigenvalue weighted by molar-refractivity contribution is 5.90. The van der Waals surface area contributed by atoms with Gasteiger partial charge in [-0.3, -0.25) is 4.99 Å². The number of nitrogens with zero attached hydrogens (tertiary/aromatic N) is 2. The molecule has 0 aliphatic carbocycles. The van der Waals surface area contributed by atoms with Crippen LogP contribution >= 0.6 is 0 Å². The lowest BCUT2D eigenvalue weighted by atomic mass is 9.74. The van der Waals surface area contributed by atoms with Gasteiger partial charge in [-0.2, -0.15) is 0 Å². The molecule has 1 aliphatic heterocycles. The number of hydrogen-bond acceptors (Lipinski definition) is 3. The van der Waals surface area contributed by atoms with Crippen LogP contribution in [0.4, 0.5) is 5.69 Å². The molecule has 1 aliphatic rings. The van der Waals surface area contributed by atoms with Gasteiger partial charge in [-0.25, -0.2) is 4.99 Å². The third-order valence-corrected chi connectivity index (χ3v) is 4.60. The Balaban J connectivity index is 2.14. The largest absolute Gasteiger partial charge is 0.484 e. The molecule has 2 aromatic rings. The van der Waals surface area contributed by atoms with Crippen LogP contribution in [0.2, 0.25) is 0 Å². The van der Waals surface area contributed by atoms with Gasteiger partial charge in [0.2, 0.25) is 0 Å². The molecular weight excluding hydrogens is 320 g/mol. The first kappa shape index (κ1) is 18.1. The van der Waals surface area contributed by atoms with E-state index in [0.717, 1.165) is 17.3 Å². The molecule has 0 amide bonds. The Kier molecular flexibility index (Phi) is 5.08. The zero-order chi connectivity index (χ0) is 18.6. The van der Waals surface area contributed by atoms with Gasteiger partial charge in [-0.1, -0.05) is 69.3 Å². The summed E-state index contributed by atoms with van der Waals surface area (Å²) in [5, 5.41) is 0. The maximum Gasteiger partial charge on any atom is 0.189 e. The van der Waals surface area contributed by atoms with Gasteiger partial charge in [0.05, 0.1) is 18.2 Å². The van der Waals surface area contributed by atoms with Gasteiger partial charge < -0.3 is 4.74 Å². The van der Waals surface area contributed by atoms with Crippen LogP contribution in [0.15, 0.2) is 82.4 Å². The molecule has 0 aromatic heterocycles. The van der Waals surface area contributed by atoms with Crippen molar-refractivity contribution in [2.24, 2.45) is 15.4 Å². The third kappa shape index (κ3) is 3.93. The highest BCUT2D eigenvalue weighted by Crippen LogP contribution is 2.39. The molecule has 0 spiro atoms. The fourth-order valence-corrected chi connectivity index (χ4v) is 3.05. The number of methoxy groups -OCH3 is 1. The van der Waals surface area contributed by atoms with Crippen LogP contribution < -0.4 is 0 Å². The lowest BCUT2D eigenvalue weighted by Gasteiger charge is -2.34. The van der Waals surface area contributed by atoms with Crippen molar-refractivity contribution < 1.29 is 4.74 Å². The monoisotopic (exact) mass is 346 g/mol. The molecule has 0 bridgehead atoms. The lowest BCUT2D eigenvalue weighted by molar-refractivity contribution is 0.372. The number of hydrogen-bond donors (Lipinski definition) is 0. The van der Waals surface area contributed by atoms with Gasteiger partial charge in [-0.05, 0) is 23.8 Å². The predicted molar refractivity (Wildman–Crippen MR) is 109 cm³/mol. The Morgan fingerprint density at radius 2 is 1.62 bits per heavy atom. The molecule has 1 heterocycles. The summed E-state index contributed by atoms with van der Waals surface area (Å²) in [6.07, 6.45) is 4.94. The average molecular weight is 346 g/mol.